The van der Waals surface area contributed by atoms with Gasteiger partial charge in [-0.15, -0.1) is 0 Å². The molecule has 1 N–H and O–H groups in total. The van der Waals surface area contributed by atoms with Crippen molar-refractivity contribution in [3.63, 3.8) is 0 Å². The Hall–Kier alpha value is -2.80. The van der Waals surface area contributed by atoms with Gasteiger partial charge < -0.3 is 14.4 Å². The first-order valence-corrected chi connectivity index (χ1v) is 11.1. The number of anilines is 1. The number of nitrogens with zero attached hydrogens (tertiary/aromatic N) is 1. The van der Waals surface area contributed by atoms with Gasteiger partial charge in [0.2, 0.25) is 6.41 Å². The van der Waals surface area contributed by atoms with E-state index in [4.69, 9.17) is 4.74 Å². The van der Waals surface area contributed by atoms with E-state index in [1.807, 2.05) is 19.1 Å². The molecule has 3 rings (SSSR count). The standard InChI is InChI=1S/C24H26F2N2O2S/c1-4-31-27-18-9-11-23(30-24-10-8-17(25)12-22(24)26)20(13-18)21(14-28(3)15-29)19-7-5-6-16(19)2/h8-15,27H,4-7H2,1-3H3/b21-14+. The monoisotopic (exact) mass is 444 g/mol. The summed E-state index contributed by atoms with van der Waals surface area (Å²) in [5.74, 6) is -0.195. The van der Waals surface area contributed by atoms with Gasteiger partial charge in [0.25, 0.3) is 0 Å². The van der Waals surface area contributed by atoms with E-state index in [1.54, 1.807) is 31.3 Å². The first kappa shape index (κ1) is 22.9. The summed E-state index contributed by atoms with van der Waals surface area (Å²) in [7, 11) is 1.67. The fourth-order valence-electron chi connectivity index (χ4n) is 3.53. The van der Waals surface area contributed by atoms with Gasteiger partial charge in [-0.05, 0) is 62.1 Å². The number of ether oxygens (including phenoxy) is 1. The molecule has 0 aromatic heterocycles. The molecule has 7 heteroatoms. The van der Waals surface area contributed by atoms with Crippen LogP contribution in [0.3, 0.4) is 0 Å². The van der Waals surface area contributed by atoms with Crippen LogP contribution >= 0.6 is 11.9 Å². The minimum Gasteiger partial charge on any atom is -0.454 e. The van der Waals surface area contributed by atoms with Crippen molar-refractivity contribution in [1.82, 2.24) is 4.90 Å². The number of hydrogen-bond donors (Lipinski definition) is 1. The molecule has 2 aromatic carbocycles. The summed E-state index contributed by atoms with van der Waals surface area (Å²) in [6.45, 7) is 4.14. The number of rotatable bonds is 9. The van der Waals surface area contributed by atoms with Crippen LogP contribution in [0.25, 0.3) is 5.57 Å². The Morgan fingerprint density at radius 1 is 1.19 bits per heavy atom. The van der Waals surface area contributed by atoms with Crippen LogP contribution < -0.4 is 9.46 Å². The third-order valence-corrected chi connectivity index (χ3v) is 5.70. The van der Waals surface area contributed by atoms with E-state index in [0.717, 1.165) is 66.0 Å². The third-order valence-electron chi connectivity index (χ3n) is 5.04. The van der Waals surface area contributed by atoms with Crippen LogP contribution in [0, 0.1) is 11.6 Å². The highest BCUT2D eigenvalue weighted by molar-refractivity contribution is 8.00. The van der Waals surface area contributed by atoms with Crippen LogP contribution in [0.15, 0.2) is 53.7 Å². The maximum absolute atomic E-state index is 14.3. The molecule has 0 atom stereocenters. The molecule has 1 aliphatic carbocycles. The summed E-state index contributed by atoms with van der Waals surface area (Å²) in [5.41, 5.74) is 4.86. The Kier molecular flexibility index (Phi) is 7.74. The van der Waals surface area contributed by atoms with E-state index < -0.39 is 11.6 Å². The van der Waals surface area contributed by atoms with Gasteiger partial charge in [0.1, 0.15) is 11.6 Å². The molecule has 0 unspecified atom stereocenters. The van der Waals surface area contributed by atoms with Crippen molar-refractivity contribution >= 4 is 29.6 Å². The van der Waals surface area contributed by atoms with E-state index in [9.17, 15) is 13.6 Å². The van der Waals surface area contributed by atoms with Gasteiger partial charge in [-0.3, -0.25) is 4.79 Å². The van der Waals surface area contributed by atoms with Gasteiger partial charge in [-0.2, -0.15) is 0 Å². The molecule has 2 aromatic rings. The highest BCUT2D eigenvalue weighted by Crippen LogP contribution is 2.42. The third kappa shape index (κ3) is 5.67. The molecule has 164 valence electrons. The minimum absolute atomic E-state index is 0.0634. The number of amides is 1. The van der Waals surface area contributed by atoms with Gasteiger partial charge in [0, 0.05) is 41.9 Å². The largest absolute Gasteiger partial charge is 0.454 e. The number of carbonyl (C=O) groups is 1. The van der Waals surface area contributed by atoms with Crippen molar-refractivity contribution in [3.05, 3.63) is 70.9 Å². The second kappa shape index (κ2) is 10.5. The molecule has 0 fully saturated rings. The zero-order valence-corrected chi connectivity index (χ0v) is 18.7. The molecule has 0 radical (unpaired) electrons. The van der Waals surface area contributed by atoms with Crippen molar-refractivity contribution in [2.75, 3.05) is 17.5 Å². The summed E-state index contributed by atoms with van der Waals surface area (Å²) in [4.78, 5) is 12.8. The topological polar surface area (TPSA) is 41.6 Å². The molecule has 0 saturated carbocycles. The lowest BCUT2D eigenvalue weighted by Crippen LogP contribution is -2.09. The quantitative estimate of drug-likeness (QED) is 0.342. The smallest absolute Gasteiger partial charge is 0.213 e. The highest BCUT2D eigenvalue weighted by Gasteiger charge is 2.21. The molecular weight excluding hydrogens is 418 g/mol. The van der Waals surface area contributed by atoms with E-state index >= 15 is 0 Å². The van der Waals surface area contributed by atoms with Crippen LogP contribution in [0.4, 0.5) is 14.5 Å². The number of nitrogens with one attached hydrogen (secondary N) is 1. The van der Waals surface area contributed by atoms with E-state index in [2.05, 4.69) is 11.6 Å². The molecule has 4 nitrogen and oxygen atoms in total. The Balaban J connectivity index is 2.13. The maximum atomic E-state index is 14.3. The number of hydrogen-bond acceptors (Lipinski definition) is 4. The summed E-state index contributed by atoms with van der Waals surface area (Å²) in [6.07, 6.45) is 5.42. The number of allylic oxidation sites excluding steroid dienone is 3. The van der Waals surface area contributed by atoms with Crippen LogP contribution in [-0.4, -0.2) is 24.1 Å². The maximum Gasteiger partial charge on any atom is 0.213 e. The van der Waals surface area contributed by atoms with Gasteiger partial charge in [-0.1, -0.05) is 24.4 Å². The first-order chi connectivity index (χ1) is 14.9. The fraction of sp³-hybridized carbons (Fsp3) is 0.292. The molecule has 1 amide bonds. The average molecular weight is 445 g/mol. The minimum atomic E-state index is -0.776. The van der Waals surface area contributed by atoms with E-state index in [-0.39, 0.29) is 5.75 Å². The Morgan fingerprint density at radius 3 is 2.61 bits per heavy atom. The molecule has 0 bridgehead atoms. The SMILES string of the molecule is CCSNc1ccc(Oc2ccc(F)cc2F)c(/C(=C/N(C)C=O)C2=C(C)CCC2)c1. The number of halogens is 2. The van der Waals surface area contributed by atoms with Gasteiger partial charge in [0.15, 0.2) is 11.6 Å². The second-order valence-corrected chi connectivity index (χ2v) is 8.42. The van der Waals surface area contributed by atoms with Crippen molar-refractivity contribution in [2.24, 2.45) is 0 Å². The lowest BCUT2D eigenvalue weighted by atomic mass is 9.94. The summed E-state index contributed by atoms with van der Waals surface area (Å²) in [6, 6.07) is 8.77. The summed E-state index contributed by atoms with van der Waals surface area (Å²) >= 11 is 1.56. The number of benzene rings is 2. The van der Waals surface area contributed by atoms with E-state index in [1.165, 1.54) is 16.5 Å². The summed E-state index contributed by atoms with van der Waals surface area (Å²) < 4.78 is 36.8. The lowest BCUT2D eigenvalue weighted by molar-refractivity contribution is -0.114. The van der Waals surface area contributed by atoms with Crippen molar-refractivity contribution < 1.29 is 18.3 Å². The highest BCUT2D eigenvalue weighted by atomic mass is 32.2. The van der Waals surface area contributed by atoms with Crippen LogP contribution in [-0.2, 0) is 4.79 Å². The summed E-state index contributed by atoms with van der Waals surface area (Å²) in [5, 5.41) is 0. The van der Waals surface area contributed by atoms with Gasteiger partial charge >= 0.3 is 0 Å². The zero-order valence-electron chi connectivity index (χ0n) is 17.9. The Bertz CT molecular complexity index is 1020. The van der Waals surface area contributed by atoms with Crippen molar-refractivity contribution in [3.8, 4) is 11.5 Å². The van der Waals surface area contributed by atoms with Crippen LogP contribution in [0.5, 0.6) is 11.5 Å². The molecule has 31 heavy (non-hydrogen) atoms. The second-order valence-electron chi connectivity index (χ2n) is 7.35. The predicted molar refractivity (Wildman–Crippen MR) is 123 cm³/mol. The van der Waals surface area contributed by atoms with Crippen LogP contribution in [0.2, 0.25) is 0 Å². The van der Waals surface area contributed by atoms with E-state index in [0.29, 0.717) is 5.75 Å². The normalized spacial score (nSPS) is 14.0. The Morgan fingerprint density at radius 2 is 1.97 bits per heavy atom. The lowest BCUT2D eigenvalue weighted by Gasteiger charge is -2.19. The average Bonchev–Trinajstić information content (AvgIpc) is 3.18. The first-order valence-electron chi connectivity index (χ1n) is 10.2. The van der Waals surface area contributed by atoms with Crippen LogP contribution in [0.1, 0.15) is 38.7 Å². The molecule has 1 aliphatic rings. The molecule has 0 heterocycles. The van der Waals surface area contributed by atoms with Crippen molar-refractivity contribution in [2.45, 2.75) is 33.1 Å². The molecule has 0 saturated heterocycles. The molecule has 0 spiro atoms. The number of carbonyl (C=O) groups excluding carboxylic acids is 1. The Labute approximate surface area is 186 Å². The zero-order chi connectivity index (χ0) is 22.4. The van der Waals surface area contributed by atoms with Gasteiger partial charge in [0.05, 0.1) is 0 Å². The van der Waals surface area contributed by atoms with Crippen molar-refractivity contribution in [1.29, 1.82) is 0 Å². The predicted octanol–water partition coefficient (Wildman–Crippen LogP) is 6.77. The molecule has 0 aliphatic heterocycles. The fourth-order valence-corrected chi connectivity index (χ4v) is 3.97. The van der Waals surface area contributed by atoms with Gasteiger partial charge in [-0.25, -0.2) is 8.78 Å². The molecular formula is C24H26F2N2O2S.